The molecular formula is C9H11N2O7S-3. The van der Waals surface area contributed by atoms with Crippen LogP contribution < -0.4 is 26.0 Å². The van der Waals surface area contributed by atoms with E-state index in [9.17, 15) is 34.5 Å². The van der Waals surface area contributed by atoms with E-state index in [-0.39, 0.29) is 5.75 Å². The molecule has 0 unspecified atom stereocenters. The summed E-state index contributed by atoms with van der Waals surface area (Å²) in [5, 5.41) is 35.0. The molecule has 0 saturated heterocycles. The quantitative estimate of drug-likeness (QED) is 0.377. The van der Waals surface area contributed by atoms with E-state index in [1.165, 1.54) is 0 Å². The Morgan fingerprint density at radius 3 is 1.79 bits per heavy atom. The Hall–Kier alpha value is -1.97. The third-order valence-corrected chi connectivity index (χ3v) is 2.36. The van der Waals surface area contributed by atoms with E-state index in [1.54, 1.807) is 0 Å². The van der Waals surface area contributed by atoms with E-state index < -0.39 is 48.9 Å². The molecule has 0 bridgehead atoms. The molecule has 0 aliphatic carbocycles. The van der Waals surface area contributed by atoms with Crippen molar-refractivity contribution < 1.29 is 34.5 Å². The predicted octanol–water partition coefficient (Wildman–Crippen LogP) is -5.02. The summed E-state index contributed by atoms with van der Waals surface area (Å²) in [5.41, 5.74) is 0. The Labute approximate surface area is 113 Å². The lowest BCUT2D eigenvalue weighted by Gasteiger charge is -2.23. The summed E-state index contributed by atoms with van der Waals surface area (Å²) in [6, 6.07) is -4.11. The SMILES string of the molecule is O=C([O-])CC[C@H](NC(=O)N[C@@H](CS)C(=O)[O-])C(=O)[O-]. The number of nitrogens with one attached hydrogen (secondary N) is 2. The van der Waals surface area contributed by atoms with Gasteiger partial charge in [-0.3, -0.25) is 0 Å². The molecule has 0 saturated carbocycles. The molecule has 2 atom stereocenters. The first-order chi connectivity index (χ1) is 8.77. The van der Waals surface area contributed by atoms with Gasteiger partial charge in [0.05, 0.1) is 24.0 Å². The van der Waals surface area contributed by atoms with Crippen molar-refractivity contribution in [1.82, 2.24) is 10.6 Å². The number of rotatable bonds is 8. The lowest BCUT2D eigenvalue weighted by molar-refractivity contribution is -0.310. The van der Waals surface area contributed by atoms with Crippen LogP contribution in [0.1, 0.15) is 12.8 Å². The van der Waals surface area contributed by atoms with Crippen molar-refractivity contribution in [1.29, 1.82) is 0 Å². The topological polar surface area (TPSA) is 162 Å². The summed E-state index contributed by atoms with van der Waals surface area (Å²) in [7, 11) is 0. The fourth-order valence-corrected chi connectivity index (χ4v) is 1.29. The predicted molar refractivity (Wildman–Crippen MR) is 57.4 cm³/mol. The molecule has 0 fully saturated rings. The minimum Gasteiger partial charge on any atom is -0.550 e. The second-order valence-corrected chi connectivity index (χ2v) is 3.82. The fraction of sp³-hybridized carbons (Fsp3) is 0.556. The highest BCUT2D eigenvalue weighted by Crippen LogP contribution is 1.96. The molecule has 10 heteroatoms. The van der Waals surface area contributed by atoms with Crippen LogP contribution in [0, 0.1) is 0 Å². The average molecular weight is 291 g/mol. The maximum atomic E-state index is 11.3. The normalized spacial score (nSPS) is 13.1. The molecule has 19 heavy (non-hydrogen) atoms. The standard InChI is InChI=1S/C9H14N2O7S/c12-6(13)2-1-4(7(14)15)10-9(18)11-5(3-19)8(16)17/h4-5,19H,1-3H2,(H,12,13)(H,14,15)(H,16,17)(H2,10,11,18)/p-3/t4-,5-/m0/s1. The molecule has 0 aromatic carbocycles. The van der Waals surface area contributed by atoms with Crippen LogP contribution in [0.4, 0.5) is 4.79 Å². The number of carboxylic acid groups (broad SMARTS) is 3. The van der Waals surface area contributed by atoms with Gasteiger partial charge in [0.15, 0.2) is 0 Å². The zero-order chi connectivity index (χ0) is 15.0. The van der Waals surface area contributed by atoms with Crippen LogP contribution in [0.5, 0.6) is 0 Å². The molecule has 9 nitrogen and oxygen atoms in total. The van der Waals surface area contributed by atoms with Gasteiger partial charge in [-0.15, -0.1) is 0 Å². The Bertz CT molecular complexity index is 374. The highest BCUT2D eigenvalue weighted by Gasteiger charge is 2.16. The zero-order valence-corrected chi connectivity index (χ0v) is 10.5. The third-order valence-electron chi connectivity index (χ3n) is 2.00. The first-order valence-corrected chi connectivity index (χ1v) is 5.70. The van der Waals surface area contributed by atoms with Gasteiger partial charge in [0.2, 0.25) is 0 Å². The summed E-state index contributed by atoms with van der Waals surface area (Å²) < 4.78 is 0. The van der Waals surface area contributed by atoms with Crippen molar-refractivity contribution in [3.05, 3.63) is 0 Å². The zero-order valence-electron chi connectivity index (χ0n) is 9.58. The number of carbonyl (C=O) groups is 4. The summed E-state index contributed by atoms with van der Waals surface area (Å²) in [6.07, 6.45) is -1.05. The van der Waals surface area contributed by atoms with Gasteiger partial charge in [-0.1, -0.05) is 0 Å². The summed E-state index contributed by atoms with van der Waals surface area (Å²) >= 11 is 3.65. The number of thiol groups is 1. The molecule has 0 aliphatic rings. The van der Waals surface area contributed by atoms with E-state index in [1.807, 2.05) is 10.6 Å². The minimum absolute atomic E-state index is 0.259. The average Bonchev–Trinajstić information content (AvgIpc) is 2.30. The summed E-state index contributed by atoms with van der Waals surface area (Å²) in [6.45, 7) is 0. The second-order valence-electron chi connectivity index (χ2n) is 3.45. The number of hydrogen-bond donors (Lipinski definition) is 3. The molecule has 108 valence electrons. The molecule has 0 aromatic rings. The van der Waals surface area contributed by atoms with Crippen molar-refractivity contribution in [2.45, 2.75) is 24.9 Å². The van der Waals surface area contributed by atoms with Crippen LogP contribution in [0.15, 0.2) is 0 Å². The lowest BCUT2D eigenvalue weighted by Crippen LogP contribution is -2.56. The number of hydrogen-bond acceptors (Lipinski definition) is 8. The number of amides is 2. The van der Waals surface area contributed by atoms with Crippen LogP contribution in [0.3, 0.4) is 0 Å². The van der Waals surface area contributed by atoms with Gasteiger partial charge in [-0.25, -0.2) is 4.79 Å². The highest BCUT2D eigenvalue weighted by atomic mass is 32.1. The Kier molecular flexibility index (Phi) is 7.34. The Balaban J connectivity index is 4.42. The van der Waals surface area contributed by atoms with Gasteiger partial charge >= 0.3 is 6.03 Å². The molecular weight excluding hydrogens is 280 g/mol. The van der Waals surface area contributed by atoms with Gasteiger partial charge in [0, 0.05) is 11.7 Å². The molecule has 2 N–H and O–H groups in total. The van der Waals surface area contributed by atoms with Crippen LogP contribution in [0.2, 0.25) is 0 Å². The van der Waals surface area contributed by atoms with Gasteiger partial charge < -0.3 is 40.3 Å². The fourth-order valence-electron chi connectivity index (χ4n) is 1.05. The van der Waals surface area contributed by atoms with E-state index in [0.29, 0.717) is 0 Å². The summed E-state index contributed by atoms with van der Waals surface area (Å²) in [4.78, 5) is 42.6. The molecule has 0 spiro atoms. The Morgan fingerprint density at radius 2 is 1.42 bits per heavy atom. The first-order valence-electron chi connectivity index (χ1n) is 5.07. The van der Waals surface area contributed by atoms with E-state index >= 15 is 0 Å². The molecule has 0 rings (SSSR count). The number of carbonyl (C=O) groups excluding carboxylic acids is 4. The Morgan fingerprint density at radius 1 is 0.947 bits per heavy atom. The van der Waals surface area contributed by atoms with Crippen LogP contribution in [0.25, 0.3) is 0 Å². The van der Waals surface area contributed by atoms with Crippen molar-refractivity contribution >= 4 is 36.6 Å². The third kappa shape index (κ3) is 7.13. The van der Waals surface area contributed by atoms with E-state index in [0.717, 1.165) is 0 Å². The van der Waals surface area contributed by atoms with Crippen molar-refractivity contribution in [2.24, 2.45) is 0 Å². The van der Waals surface area contributed by atoms with Gasteiger partial charge in [0.25, 0.3) is 0 Å². The van der Waals surface area contributed by atoms with E-state index in [2.05, 4.69) is 12.6 Å². The minimum atomic E-state index is -1.70. The van der Waals surface area contributed by atoms with Crippen molar-refractivity contribution in [3.8, 4) is 0 Å². The van der Waals surface area contributed by atoms with Crippen LogP contribution in [-0.2, 0) is 14.4 Å². The molecule has 0 radical (unpaired) electrons. The van der Waals surface area contributed by atoms with Gasteiger partial charge in [0.1, 0.15) is 0 Å². The molecule has 2 amide bonds. The van der Waals surface area contributed by atoms with E-state index in [4.69, 9.17) is 0 Å². The van der Waals surface area contributed by atoms with Gasteiger partial charge in [-0.05, 0) is 12.8 Å². The monoisotopic (exact) mass is 291 g/mol. The maximum Gasteiger partial charge on any atom is 0.315 e. The van der Waals surface area contributed by atoms with Crippen molar-refractivity contribution in [2.75, 3.05) is 5.75 Å². The molecule has 0 aliphatic heterocycles. The number of urea groups is 1. The number of carboxylic acids is 3. The largest absolute Gasteiger partial charge is 0.550 e. The summed E-state index contributed by atoms with van der Waals surface area (Å²) in [5.74, 6) is -5.04. The number of aliphatic carboxylic acids is 3. The smallest absolute Gasteiger partial charge is 0.315 e. The van der Waals surface area contributed by atoms with Crippen molar-refractivity contribution in [3.63, 3.8) is 0 Å². The molecule has 0 aromatic heterocycles. The second kappa shape index (κ2) is 8.19. The highest BCUT2D eigenvalue weighted by molar-refractivity contribution is 7.80. The maximum absolute atomic E-state index is 11.3. The van der Waals surface area contributed by atoms with Crippen LogP contribution >= 0.6 is 12.6 Å². The van der Waals surface area contributed by atoms with Crippen LogP contribution in [-0.4, -0.2) is 41.8 Å². The molecule has 0 heterocycles. The lowest BCUT2D eigenvalue weighted by atomic mass is 10.1. The first kappa shape index (κ1) is 17.0. The van der Waals surface area contributed by atoms with Gasteiger partial charge in [-0.2, -0.15) is 12.6 Å².